The van der Waals surface area contributed by atoms with Crippen LogP contribution in [0.1, 0.15) is 37.7 Å². The van der Waals surface area contributed by atoms with Gasteiger partial charge in [0.15, 0.2) is 12.4 Å². The van der Waals surface area contributed by atoms with E-state index in [2.05, 4.69) is 10.1 Å². The van der Waals surface area contributed by atoms with Gasteiger partial charge in [-0.25, -0.2) is 4.79 Å². The van der Waals surface area contributed by atoms with Crippen molar-refractivity contribution in [2.45, 2.75) is 19.8 Å². The number of ketones is 1. The molecular formula is C19H19NO6S. The first kappa shape index (κ1) is 20.3. The smallest absolute Gasteiger partial charge is 0.339 e. The predicted octanol–water partition coefficient (Wildman–Crippen LogP) is 2.99. The Balaban J connectivity index is 1.79. The number of hydrogen-bond acceptors (Lipinski definition) is 7. The van der Waals surface area contributed by atoms with E-state index < -0.39 is 24.5 Å². The third kappa shape index (κ3) is 6.03. The highest BCUT2D eigenvalue weighted by Gasteiger charge is 2.15. The summed E-state index contributed by atoms with van der Waals surface area (Å²) in [7, 11) is 1.24. The Bertz CT molecular complexity index is 857. The molecule has 1 N–H and O–H groups in total. The zero-order chi connectivity index (χ0) is 19.8. The Labute approximate surface area is 160 Å². The molecule has 0 aliphatic carbocycles. The number of thiophene rings is 1. The normalized spacial score (nSPS) is 10.1. The first-order valence-corrected chi connectivity index (χ1v) is 8.95. The maximum absolute atomic E-state index is 12.0. The minimum absolute atomic E-state index is 0.0194. The van der Waals surface area contributed by atoms with Crippen molar-refractivity contribution in [3.05, 3.63) is 51.7 Å². The van der Waals surface area contributed by atoms with Gasteiger partial charge in [-0.1, -0.05) is 12.1 Å². The van der Waals surface area contributed by atoms with Crippen molar-refractivity contribution in [2.24, 2.45) is 0 Å². The summed E-state index contributed by atoms with van der Waals surface area (Å²) >= 11 is 1.37. The van der Waals surface area contributed by atoms with E-state index in [4.69, 9.17) is 4.74 Å². The second-order valence-electron chi connectivity index (χ2n) is 5.58. The number of anilines is 1. The molecule has 0 atom stereocenters. The minimum Gasteiger partial charge on any atom is -0.465 e. The van der Waals surface area contributed by atoms with Crippen LogP contribution in [-0.2, 0) is 19.1 Å². The first-order chi connectivity index (χ1) is 12.9. The fourth-order valence-corrected chi connectivity index (χ4v) is 3.04. The number of rotatable bonds is 8. The molecule has 0 saturated heterocycles. The standard InChI is InChI=1S/C19H19NO6S/c1-12-7-9-16(27-12)15(21)8-10-18(23)26-11-17(22)20-14-6-4-3-5-13(14)19(24)25-2/h3-7,9H,8,10-11H2,1-2H3,(H,20,22). The molecule has 1 aromatic carbocycles. The Hall–Kier alpha value is -3.00. The number of aryl methyl sites for hydroxylation is 1. The SMILES string of the molecule is COC(=O)c1ccccc1NC(=O)COC(=O)CCC(=O)c1ccc(C)s1. The summed E-state index contributed by atoms with van der Waals surface area (Å²) in [5.74, 6) is -1.97. The molecule has 0 unspecified atom stereocenters. The fourth-order valence-electron chi connectivity index (χ4n) is 2.21. The molecule has 0 saturated carbocycles. The lowest BCUT2D eigenvalue weighted by atomic mass is 10.2. The molecule has 2 rings (SSSR count). The Morgan fingerprint density at radius 2 is 1.78 bits per heavy atom. The lowest BCUT2D eigenvalue weighted by molar-refractivity contribution is -0.147. The molecule has 0 radical (unpaired) electrons. The van der Waals surface area contributed by atoms with Gasteiger partial charge in [-0.05, 0) is 31.2 Å². The second kappa shape index (κ2) is 9.63. The number of esters is 2. The van der Waals surface area contributed by atoms with E-state index in [0.29, 0.717) is 4.88 Å². The molecule has 0 aliphatic rings. The maximum Gasteiger partial charge on any atom is 0.339 e. The third-order valence-corrected chi connectivity index (χ3v) is 4.58. The molecule has 142 valence electrons. The van der Waals surface area contributed by atoms with Crippen LogP contribution in [0.25, 0.3) is 0 Å². The number of amides is 1. The lowest BCUT2D eigenvalue weighted by Crippen LogP contribution is -2.22. The first-order valence-electron chi connectivity index (χ1n) is 8.13. The molecule has 0 spiro atoms. The maximum atomic E-state index is 12.0. The van der Waals surface area contributed by atoms with Crippen LogP contribution in [0.2, 0.25) is 0 Å². The van der Waals surface area contributed by atoms with E-state index in [1.54, 1.807) is 18.2 Å². The molecule has 0 aliphatic heterocycles. The van der Waals surface area contributed by atoms with E-state index >= 15 is 0 Å². The topological polar surface area (TPSA) is 98.8 Å². The monoisotopic (exact) mass is 389 g/mol. The zero-order valence-electron chi connectivity index (χ0n) is 14.9. The highest BCUT2D eigenvalue weighted by molar-refractivity contribution is 7.14. The molecule has 0 fully saturated rings. The molecule has 1 aromatic heterocycles. The Kier molecular flexibility index (Phi) is 7.25. The van der Waals surface area contributed by atoms with E-state index in [9.17, 15) is 19.2 Å². The van der Waals surface area contributed by atoms with Crippen LogP contribution in [-0.4, -0.2) is 37.3 Å². The lowest BCUT2D eigenvalue weighted by Gasteiger charge is -2.10. The molecule has 2 aromatic rings. The summed E-state index contributed by atoms with van der Waals surface area (Å²) in [6.45, 7) is 1.38. The van der Waals surface area contributed by atoms with Crippen LogP contribution in [0.4, 0.5) is 5.69 Å². The van der Waals surface area contributed by atoms with E-state index in [1.807, 2.05) is 13.0 Å². The van der Waals surface area contributed by atoms with Gasteiger partial charge < -0.3 is 14.8 Å². The summed E-state index contributed by atoms with van der Waals surface area (Å²) in [6, 6.07) is 9.88. The Morgan fingerprint density at radius 3 is 2.44 bits per heavy atom. The number of ether oxygens (including phenoxy) is 2. The van der Waals surface area contributed by atoms with E-state index in [1.165, 1.54) is 30.6 Å². The van der Waals surface area contributed by atoms with Crippen molar-refractivity contribution in [1.82, 2.24) is 0 Å². The highest BCUT2D eigenvalue weighted by atomic mass is 32.1. The van der Waals surface area contributed by atoms with Gasteiger partial charge in [-0.3, -0.25) is 14.4 Å². The predicted molar refractivity (Wildman–Crippen MR) is 100.0 cm³/mol. The second-order valence-corrected chi connectivity index (χ2v) is 6.87. The number of Topliss-reactive ketones (excluding diaryl/α,β-unsaturated/α-hetero) is 1. The van der Waals surface area contributed by atoms with Crippen molar-refractivity contribution in [1.29, 1.82) is 0 Å². The van der Waals surface area contributed by atoms with Crippen molar-refractivity contribution in [3.63, 3.8) is 0 Å². The molecule has 27 heavy (non-hydrogen) atoms. The summed E-state index contributed by atoms with van der Waals surface area (Å²) in [6.07, 6.45) is -0.0899. The molecule has 7 nitrogen and oxygen atoms in total. The molecule has 8 heteroatoms. The van der Waals surface area contributed by atoms with Crippen molar-refractivity contribution in [2.75, 3.05) is 19.0 Å². The number of para-hydroxylation sites is 1. The van der Waals surface area contributed by atoms with Crippen molar-refractivity contribution in [3.8, 4) is 0 Å². The number of nitrogens with one attached hydrogen (secondary N) is 1. The average Bonchev–Trinajstić information content (AvgIpc) is 3.10. The van der Waals surface area contributed by atoms with Crippen LogP contribution in [0.15, 0.2) is 36.4 Å². The van der Waals surface area contributed by atoms with Gasteiger partial charge in [-0.2, -0.15) is 0 Å². The molecule has 0 bridgehead atoms. The summed E-state index contributed by atoms with van der Waals surface area (Å²) in [4.78, 5) is 48.9. The molecule has 1 amide bonds. The summed E-state index contributed by atoms with van der Waals surface area (Å²) in [5, 5.41) is 2.49. The average molecular weight is 389 g/mol. The van der Waals surface area contributed by atoms with Gasteiger partial charge in [0.2, 0.25) is 0 Å². The van der Waals surface area contributed by atoms with Gasteiger partial charge >= 0.3 is 11.9 Å². The van der Waals surface area contributed by atoms with Crippen LogP contribution < -0.4 is 5.32 Å². The number of carbonyl (C=O) groups is 4. The number of hydrogen-bond donors (Lipinski definition) is 1. The van der Waals surface area contributed by atoms with Crippen molar-refractivity contribution >= 4 is 40.7 Å². The van der Waals surface area contributed by atoms with Crippen LogP contribution in [0, 0.1) is 6.92 Å². The van der Waals surface area contributed by atoms with Gasteiger partial charge in [0.05, 0.1) is 29.7 Å². The third-order valence-electron chi connectivity index (χ3n) is 3.54. The minimum atomic E-state index is -0.645. The highest BCUT2D eigenvalue weighted by Crippen LogP contribution is 2.18. The van der Waals surface area contributed by atoms with Crippen LogP contribution in [0.3, 0.4) is 0 Å². The van der Waals surface area contributed by atoms with E-state index in [-0.39, 0.29) is 29.9 Å². The van der Waals surface area contributed by atoms with Crippen molar-refractivity contribution < 1.29 is 28.7 Å². The van der Waals surface area contributed by atoms with Gasteiger partial charge in [0.1, 0.15) is 0 Å². The van der Waals surface area contributed by atoms with Crippen LogP contribution in [0.5, 0.6) is 0 Å². The zero-order valence-corrected chi connectivity index (χ0v) is 15.8. The Morgan fingerprint density at radius 1 is 1.04 bits per heavy atom. The summed E-state index contributed by atoms with van der Waals surface area (Å²) in [5.41, 5.74) is 0.449. The van der Waals surface area contributed by atoms with Gasteiger partial charge in [0, 0.05) is 11.3 Å². The molecule has 1 heterocycles. The number of carbonyl (C=O) groups excluding carboxylic acids is 4. The van der Waals surface area contributed by atoms with Gasteiger partial charge in [0.25, 0.3) is 5.91 Å². The number of methoxy groups -OCH3 is 1. The number of benzene rings is 1. The largest absolute Gasteiger partial charge is 0.465 e. The molecular weight excluding hydrogens is 370 g/mol. The van der Waals surface area contributed by atoms with Crippen LogP contribution >= 0.6 is 11.3 Å². The van der Waals surface area contributed by atoms with E-state index in [0.717, 1.165) is 4.88 Å². The van der Waals surface area contributed by atoms with Gasteiger partial charge in [-0.15, -0.1) is 11.3 Å². The quantitative estimate of drug-likeness (QED) is 0.550. The summed E-state index contributed by atoms with van der Waals surface area (Å²) < 4.78 is 9.52. The fraction of sp³-hybridized carbons (Fsp3) is 0.263.